The minimum atomic E-state index is -0.182. The van der Waals surface area contributed by atoms with Crippen molar-refractivity contribution >= 4 is 18.3 Å². The highest BCUT2D eigenvalue weighted by Crippen LogP contribution is 2.20. The van der Waals surface area contributed by atoms with E-state index in [1.165, 1.54) is 0 Å². The molecule has 3 rings (SSSR count). The highest BCUT2D eigenvalue weighted by Gasteiger charge is 2.22. The van der Waals surface area contributed by atoms with Crippen molar-refractivity contribution in [1.29, 1.82) is 0 Å². The van der Waals surface area contributed by atoms with E-state index in [1.807, 2.05) is 35.9 Å². The van der Waals surface area contributed by atoms with E-state index >= 15 is 0 Å². The molecule has 1 aliphatic heterocycles. The van der Waals surface area contributed by atoms with Gasteiger partial charge in [0.15, 0.2) is 5.69 Å². The minimum absolute atomic E-state index is 0. The standard InChI is InChI=1S/C18H25N5O2.ClH/c1-13-17(21-22-23(13)16-7-9-19-10-8-16)18(24)20-11-14-3-5-15(6-4-14)12-25-2;/h3-6,16,19H,7-12H2,1-2H3,(H,20,24);1H. The van der Waals surface area contributed by atoms with Crippen molar-refractivity contribution in [3.05, 3.63) is 46.8 Å². The van der Waals surface area contributed by atoms with Gasteiger partial charge in [-0.05, 0) is 44.0 Å². The van der Waals surface area contributed by atoms with Crippen molar-refractivity contribution in [1.82, 2.24) is 25.6 Å². The summed E-state index contributed by atoms with van der Waals surface area (Å²) in [6, 6.07) is 8.32. The number of methoxy groups -OCH3 is 1. The summed E-state index contributed by atoms with van der Waals surface area (Å²) in [6.45, 7) is 4.92. The predicted octanol–water partition coefficient (Wildman–Crippen LogP) is 2.01. The summed E-state index contributed by atoms with van der Waals surface area (Å²) < 4.78 is 7.00. The zero-order chi connectivity index (χ0) is 17.6. The summed E-state index contributed by atoms with van der Waals surface area (Å²) in [6.07, 6.45) is 2.03. The second-order valence-electron chi connectivity index (χ2n) is 6.38. The Morgan fingerprint density at radius 1 is 1.27 bits per heavy atom. The van der Waals surface area contributed by atoms with Crippen molar-refractivity contribution in [2.75, 3.05) is 20.2 Å². The van der Waals surface area contributed by atoms with Crippen LogP contribution in [-0.2, 0) is 17.9 Å². The maximum Gasteiger partial charge on any atom is 0.274 e. The molecule has 0 aliphatic carbocycles. The van der Waals surface area contributed by atoms with Gasteiger partial charge in [-0.15, -0.1) is 17.5 Å². The monoisotopic (exact) mass is 379 g/mol. The highest BCUT2D eigenvalue weighted by molar-refractivity contribution is 5.93. The number of rotatable bonds is 6. The van der Waals surface area contributed by atoms with Gasteiger partial charge in [-0.1, -0.05) is 29.5 Å². The molecule has 7 nitrogen and oxygen atoms in total. The van der Waals surface area contributed by atoms with E-state index in [0.29, 0.717) is 24.9 Å². The summed E-state index contributed by atoms with van der Waals surface area (Å²) in [5.41, 5.74) is 3.39. The molecule has 2 N–H and O–H groups in total. The average Bonchev–Trinajstić information content (AvgIpc) is 3.03. The van der Waals surface area contributed by atoms with E-state index in [1.54, 1.807) is 7.11 Å². The number of amides is 1. The van der Waals surface area contributed by atoms with Gasteiger partial charge >= 0.3 is 0 Å². The minimum Gasteiger partial charge on any atom is -0.380 e. The number of carbonyl (C=O) groups excluding carboxylic acids is 1. The molecular weight excluding hydrogens is 354 g/mol. The SMILES string of the molecule is COCc1ccc(CNC(=O)c2nnn(C3CCNCC3)c2C)cc1.Cl. The molecule has 1 aliphatic rings. The molecule has 8 heteroatoms. The van der Waals surface area contributed by atoms with Crippen molar-refractivity contribution in [3.63, 3.8) is 0 Å². The second-order valence-corrected chi connectivity index (χ2v) is 6.38. The van der Waals surface area contributed by atoms with Crippen LogP contribution in [0.2, 0.25) is 0 Å². The van der Waals surface area contributed by atoms with Gasteiger partial charge in [-0.3, -0.25) is 4.79 Å². The number of carbonyl (C=O) groups is 1. The molecule has 0 saturated carbocycles. The lowest BCUT2D eigenvalue weighted by Crippen LogP contribution is -2.30. The molecule has 1 fully saturated rings. The third kappa shape index (κ3) is 4.81. The van der Waals surface area contributed by atoms with E-state index in [9.17, 15) is 4.79 Å². The number of nitrogens with zero attached hydrogens (tertiary/aromatic N) is 3. The summed E-state index contributed by atoms with van der Waals surface area (Å²) >= 11 is 0. The Morgan fingerprint density at radius 3 is 2.58 bits per heavy atom. The molecule has 0 atom stereocenters. The van der Waals surface area contributed by atoms with E-state index in [-0.39, 0.29) is 18.3 Å². The first kappa shape index (κ1) is 20.4. The number of halogens is 1. The zero-order valence-corrected chi connectivity index (χ0v) is 16.0. The third-order valence-electron chi connectivity index (χ3n) is 4.58. The van der Waals surface area contributed by atoms with Crippen molar-refractivity contribution in [2.45, 2.75) is 39.0 Å². The number of hydrogen-bond acceptors (Lipinski definition) is 5. The largest absolute Gasteiger partial charge is 0.380 e. The second kappa shape index (κ2) is 9.66. The van der Waals surface area contributed by atoms with Crippen LogP contribution in [0.25, 0.3) is 0 Å². The normalized spacial score (nSPS) is 14.7. The lowest BCUT2D eigenvalue weighted by molar-refractivity contribution is 0.0945. The first-order valence-electron chi connectivity index (χ1n) is 8.66. The lowest BCUT2D eigenvalue weighted by Gasteiger charge is -2.23. The van der Waals surface area contributed by atoms with Crippen molar-refractivity contribution < 1.29 is 9.53 Å². The summed E-state index contributed by atoms with van der Waals surface area (Å²) in [7, 11) is 1.67. The molecule has 1 aromatic carbocycles. The summed E-state index contributed by atoms with van der Waals surface area (Å²) in [4.78, 5) is 12.4. The van der Waals surface area contributed by atoms with Crippen LogP contribution in [0.1, 0.15) is 46.2 Å². The Hall–Kier alpha value is -1.96. The Morgan fingerprint density at radius 2 is 1.92 bits per heavy atom. The number of piperidine rings is 1. The van der Waals surface area contributed by atoms with Gasteiger partial charge in [0.05, 0.1) is 18.3 Å². The van der Waals surface area contributed by atoms with Gasteiger partial charge in [0.25, 0.3) is 5.91 Å². The van der Waals surface area contributed by atoms with E-state index in [4.69, 9.17) is 4.74 Å². The van der Waals surface area contributed by atoms with Crippen LogP contribution in [0.5, 0.6) is 0 Å². The first-order chi connectivity index (χ1) is 12.2. The first-order valence-corrected chi connectivity index (χ1v) is 8.66. The Bertz CT molecular complexity index is 711. The fourth-order valence-electron chi connectivity index (χ4n) is 3.13. The Balaban J connectivity index is 0.00000243. The molecule has 142 valence electrons. The van der Waals surface area contributed by atoms with Crippen LogP contribution in [0, 0.1) is 6.92 Å². The predicted molar refractivity (Wildman–Crippen MR) is 101 cm³/mol. The number of ether oxygens (including phenoxy) is 1. The fourth-order valence-corrected chi connectivity index (χ4v) is 3.13. The maximum atomic E-state index is 12.4. The number of hydrogen-bond donors (Lipinski definition) is 2. The van der Waals surface area contributed by atoms with Gasteiger partial charge in [0.1, 0.15) is 0 Å². The zero-order valence-electron chi connectivity index (χ0n) is 15.2. The maximum absolute atomic E-state index is 12.4. The van der Waals surface area contributed by atoms with Crippen molar-refractivity contribution in [3.8, 4) is 0 Å². The summed E-state index contributed by atoms with van der Waals surface area (Å²) in [5, 5.41) is 14.6. The smallest absolute Gasteiger partial charge is 0.274 e. The molecule has 0 bridgehead atoms. The molecule has 1 amide bonds. The molecule has 0 radical (unpaired) electrons. The van der Waals surface area contributed by atoms with Crippen LogP contribution in [-0.4, -0.2) is 41.1 Å². The van der Waals surface area contributed by atoms with E-state index in [0.717, 1.165) is 42.8 Å². The Kier molecular flexibility index (Phi) is 7.56. The average molecular weight is 380 g/mol. The number of nitrogens with one attached hydrogen (secondary N) is 2. The highest BCUT2D eigenvalue weighted by atomic mass is 35.5. The van der Waals surface area contributed by atoms with Gasteiger partial charge in [0, 0.05) is 13.7 Å². The third-order valence-corrected chi connectivity index (χ3v) is 4.58. The van der Waals surface area contributed by atoms with Gasteiger partial charge < -0.3 is 15.4 Å². The van der Waals surface area contributed by atoms with E-state index < -0.39 is 0 Å². The van der Waals surface area contributed by atoms with Crippen LogP contribution in [0.4, 0.5) is 0 Å². The fraction of sp³-hybridized carbons (Fsp3) is 0.500. The number of benzene rings is 1. The van der Waals surface area contributed by atoms with Crippen LogP contribution >= 0.6 is 12.4 Å². The Labute approximate surface area is 159 Å². The lowest BCUT2D eigenvalue weighted by atomic mass is 10.1. The van der Waals surface area contributed by atoms with Gasteiger partial charge in [-0.25, -0.2) is 4.68 Å². The molecule has 0 spiro atoms. The van der Waals surface area contributed by atoms with Crippen LogP contribution < -0.4 is 10.6 Å². The summed E-state index contributed by atoms with van der Waals surface area (Å²) in [5.74, 6) is -0.182. The molecule has 0 unspecified atom stereocenters. The topological polar surface area (TPSA) is 81.1 Å². The van der Waals surface area contributed by atoms with Gasteiger partial charge in [0.2, 0.25) is 0 Å². The van der Waals surface area contributed by atoms with E-state index in [2.05, 4.69) is 20.9 Å². The molecule has 26 heavy (non-hydrogen) atoms. The van der Waals surface area contributed by atoms with Crippen LogP contribution in [0.15, 0.2) is 24.3 Å². The quantitative estimate of drug-likeness (QED) is 0.802. The molecule has 2 heterocycles. The molecule has 1 saturated heterocycles. The molecular formula is C18H26ClN5O2. The molecule has 2 aromatic rings. The van der Waals surface area contributed by atoms with Crippen LogP contribution in [0.3, 0.4) is 0 Å². The number of aromatic nitrogens is 3. The molecule has 1 aromatic heterocycles. The van der Waals surface area contributed by atoms with Crippen molar-refractivity contribution in [2.24, 2.45) is 0 Å². The van der Waals surface area contributed by atoms with Gasteiger partial charge in [-0.2, -0.15) is 0 Å².